The SMILES string of the molecule is Cc1nc(CNC(=O)N(CCO)C2CCc3ccccc32)oc1C. The lowest BCUT2D eigenvalue weighted by atomic mass is 10.1. The number of amides is 2. The molecule has 1 heterocycles. The van der Waals surface area contributed by atoms with E-state index in [9.17, 15) is 9.90 Å². The molecule has 0 fully saturated rings. The Morgan fingerprint density at radius 1 is 1.42 bits per heavy atom. The number of aryl methyl sites for hydroxylation is 3. The lowest BCUT2D eigenvalue weighted by molar-refractivity contribution is 0.150. The van der Waals surface area contributed by atoms with Gasteiger partial charge in [0, 0.05) is 6.54 Å². The van der Waals surface area contributed by atoms with E-state index in [1.54, 1.807) is 4.90 Å². The maximum atomic E-state index is 12.6. The number of nitrogens with zero attached hydrogens (tertiary/aromatic N) is 2. The summed E-state index contributed by atoms with van der Waals surface area (Å²) in [5.74, 6) is 1.25. The summed E-state index contributed by atoms with van der Waals surface area (Å²) in [5, 5.41) is 12.2. The van der Waals surface area contributed by atoms with Crippen LogP contribution in [0.5, 0.6) is 0 Å². The maximum absolute atomic E-state index is 12.6. The highest BCUT2D eigenvalue weighted by Gasteiger charge is 2.30. The number of hydrogen-bond acceptors (Lipinski definition) is 4. The van der Waals surface area contributed by atoms with E-state index >= 15 is 0 Å². The quantitative estimate of drug-likeness (QED) is 0.883. The highest BCUT2D eigenvalue weighted by molar-refractivity contribution is 5.75. The first-order chi connectivity index (χ1) is 11.6. The smallest absolute Gasteiger partial charge is 0.318 e. The normalized spacial score (nSPS) is 16.0. The second-order valence-electron chi connectivity index (χ2n) is 6.08. The number of nitrogens with one attached hydrogen (secondary N) is 1. The number of benzene rings is 1. The van der Waals surface area contributed by atoms with Crippen LogP contribution in [-0.2, 0) is 13.0 Å². The largest absolute Gasteiger partial charge is 0.444 e. The van der Waals surface area contributed by atoms with Gasteiger partial charge >= 0.3 is 6.03 Å². The molecule has 0 saturated carbocycles. The van der Waals surface area contributed by atoms with Crippen molar-refractivity contribution in [3.05, 3.63) is 52.7 Å². The van der Waals surface area contributed by atoms with Crippen LogP contribution >= 0.6 is 0 Å². The molecular formula is C18H23N3O3. The van der Waals surface area contributed by atoms with Gasteiger partial charge in [-0.25, -0.2) is 9.78 Å². The Balaban J connectivity index is 1.70. The highest BCUT2D eigenvalue weighted by Crippen LogP contribution is 2.35. The van der Waals surface area contributed by atoms with Crippen molar-refractivity contribution in [3.63, 3.8) is 0 Å². The highest BCUT2D eigenvalue weighted by atomic mass is 16.4. The van der Waals surface area contributed by atoms with E-state index in [4.69, 9.17) is 4.42 Å². The Bertz CT molecular complexity index is 707. The van der Waals surface area contributed by atoms with Crippen LogP contribution < -0.4 is 5.32 Å². The first-order valence-electron chi connectivity index (χ1n) is 8.26. The molecule has 0 bridgehead atoms. The Hall–Kier alpha value is -2.34. The van der Waals surface area contributed by atoms with E-state index in [1.165, 1.54) is 11.1 Å². The fourth-order valence-electron chi connectivity index (χ4n) is 3.23. The van der Waals surface area contributed by atoms with Crippen molar-refractivity contribution in [1.82, 2.24) is 15.2 Å². The molecule has 1 unspecified atom stereocenters. The molecule has 0 radical (unpaired) electrons. The lowest BCUT2D eigenvalue weighted by Gasteiger charge is -2.29. The average molecular weight is 329 g/mol. The van der Waals surface area contributed by atoms with Gasteiger partial charge in [-0.05, 0) is 37.8 Å². The predicted molar refractivity (Wildman–Crippen MR) is 89.5 cm³/mol. The number of carbonyl (C=O) groups is 1. The molecule has 24 heavy (non-hydrogen) atoms. The number of aromatic nitrogens is 1. The molecule has 128 valence electrons. The first kappa shape index (κ1) is 16.5. The first-order valence-corrected chi connectivity index (χ1v) is 8.26. The summed E-state index contributed by atoms with van der Waals surface area (Å²) in [6, 6.07) is 7.96. The Morgan fingerprint density at radius 2 is 2.21 bits per heavy atom. The van der Waals surface area contributed by atoms with Gasteiger partial charge in [-0.1, -0.05) is 24.3 Å². The third-order valence-corrected chi connectivity index (χ3v) is 4.54. The van der Waals surface area contributed by atoms with Crippen molar-refractivity contribution >= 4 is 6.03 Å². The van der Waals surface area contributed by atoms with Crippen molar-refractivity contribution in [1.29, 1.82) is 0 Å². The van der Waals surface area contributed by atoms with Crippen LogP contribution in [0.2, 0.25) is 0 Å². The van der Waals surface area contributed by atoms with E-state index in [0.29, 0.717) is 12.4 Å². The molecule has 6 heteroatoms. The van der Waals surface area contributed by atoms with Crippen molar-refractivity contribution in [3.8, 4) is 0 Å². The summed E-state index contributed by atoms with van der Waals surface area (Å²) >= 11 is 0. The minimum atomic E-state index is -0.209. The molecule has 2 N–H and O–H groups in total. The van der Waals surface area contributed by atoms with Crippen LogP contribution in [0.15, 0.2) is 28.7 Å². The number of urea groups is 1. The molecule has 0 spiro atoms. The molecule has 0 aliphatic heterocycles. The molecule has 1 aromatic carbocycles. The monoisotopic (exact) mass is 329 g/mol. The van der Waals surface area contributed by atoms with Gasteiger partial charge in [0.2, 0.25) is 5.89 Å². The number of aliphatic hydroxyl groups excluding tert-OH is 1. The van der Waals surface area contributed by atoms with Crippen molar-refractivity contribution in [2.75, 3.05) is 13.2 Å². The second-order valence-corrected chi connectivity index (χ2v) is 6.08. The van der Waals surface area contributed by atoms with E-state index in [-0.39, 0.29) is 25.2 Å². The second kappa shape index (κ2) is 7.05. The van der Waals surface area contributed by atoms with Gasteiger partial charge in [0.05, 0.1) is 24.9 Å². The summed E-state index contributed by atoms with van der Waals surface area (Å²) in [6.45, 7) is 4.19. The van der Waals surface area contributed by atoms with E-state index in [2.05, 4.69) is 22.4 Å². The minimum absolute atomic E-state index is 0.00128. The zero-order valence-electron chi connectivity index (χ0n) is 14.1. The summed E-state index contributed by atoms with van der Waals surface area (Å²) in [5.41, 5.74) is 3.28. The number of aliphatic hydroxyl groups is 1. The zero-order chi connectivity index (χ0) is 17.1. The van der Waals surface area contributed by atoms with Crippen LogP contribution in [0.25, 0.3) is 0 Å². The van der Waals surface area contributed by atoms with Crippen LogP contribution in [0.4, 0.5) is 4.79 Å². The van der Waals surface area contributed by atoms with Gasteiger partial charge in [-0.3, -0.25) is 0 Å². The average Bonchev–Trinajstić information content (AvgIpc) is 3.14. The van der Waals surface area contributed by atoms with E-state index < -0.39 is 0 Å². The Labute approximate surface area is 141 Å². The number of carbonyl (C=O) groups excluding carboxylic acids is 1. The zero-order valence-corrected chi connectivity index (χ0v) is 14.1. The van der Waals surface area contributed by atoms with Crippen LogP contribution in [0.1, 0.15) is 40.9 Å². The predicted octanol–water partition coefficient (Wildman–Crippen LogP) is 2.48. The molecule has 6 nitrogen and oxygen atoms in total. The maximum Gasteiger partial charge on any atom is 0.318 e. The molecule has 2 amide bonds. The third kappa shape index (κ3) is 3.28. The van der Waals surface area contributed by atoms with Gasteiger partial charge in [0.15, 0.2) is 0 Å². The lowest BCUT2D eigenvalue weighted by Crippen LogP contribution is -2.43. The van der Waals surface area contributed by atoms with Gasteiger partial charge in [-0.2, -0.15) is 0 Å². The number of rotatable bonds is 5. The summed E-state index contributed by atoms with van der Waals surface area (Å²) in [4.78, 5) is 18.6. The van der Waals surface area contributed by atoms with Crippen LogP contribution in [0.3, 0.4) is 0 Å². The van der Waals surface area contributed by atoms with Gasteiger partial charge in [0.1, 0.15) is 5.76 Å². The Kier molecular flexibility index (Phi) is 4.85. The summed E-state index contributed by atoms with van der Waals surface area (Å²) < 4.78 is 5.49. The van der Waals surface area contributed by atoms with Crippen molar-refractivity contribution in [2.24, 2.45) is 0 Å². The molecule has 1 aromatic heterocycles. The molecule has 2 aromatic rings. The van der Waals surface area contributed by atoms with Crippen molar-refractivity contribution in [2.45, 2.75) is 39.3 Å². The number of oxazole rings is 1. The standard InChI is InChI=1S/C18H23N3O3/c1-12-13(2)24-17(20-12)11-19-18(23)21(9-10-22)16-8-7-14-5-3-4-6-15(14)16/h3-6,16,22H,7-11H2,1-2H3,(H,19,23). The molecule has 1 atom stereocenters. The number of fused-ring (bicyclic) bond motifs is 1. The number of hydrogen-bond donors (Lipinski definition) is 2. The summed E-state index contributed by atoms with van der Waals surface area (Å²) in [6.07, 6.45) is 1.83. The Morgan fingerprint density at radius 3 is 2.92 bits per heavy atom. The van der Waals surface area contributed by atoms with Gasteiger partial charge in [-0.15, -0.1) is 0 Å². The summed E-state index contributed by atoms with van der Waals surface area (Å²) in [7, 11) is 0. The van der Waals surface area contributed by atoms with Crippen LogP contribution in [0, 0.1) is 13.8 Å². The molecule has 1 aliphatic carbocycles. The van der Waals surface area contributed by atoms with Gasteiger partial charge < -0.3 is 19.7 Å². The van der Waals surface area contributed by atoms with E-state index in [0.717, 1.165) is 24.3 Å². The van der Waals surface area contributed by atoms with Crippen LogP contribution in [-0.4, -0.2) is 34.2 Å². The topological polar surface area (TPSA) is 78.6 Å². The molecular weight excluding hydrogens is 306 g/mol. The fourth-order valence-corrected chi connectivity index (χ4v) is 3.23. The third-order valence-electron chi connectivity index (χ3n) is 4.54. The molecule has 0 saturated heterocycles. The minimum Gasteiger partial charge on any atom is -0.444 e. The molecule has 1 aliphatic rings. The molecule has 3 rings (SSSR count). The van der Waals surface area contributed by atoms with E-state index in [1.807, 2.05) is 26.0 Å². The fraction of sp³-hybridized carbons (Fsp3) is 0.444. The van der Waals surface area contributed by atoms with Gasteiger partial charge in [0.25, 0.3) is 0 Å². The van der Waals surface area contributed by atoms with Crippen molar-refractivity contribution < 1.29 is 14.3 Å².